The molecule has 0 atom stereocenters. The molecule has 11 aromatic rings. The van der Waals surface area contributed by atoms with Gasteiger partial charge in [0.05, 0.1) is 11.1 Å². The van der Waals surface area contributed by atoms with Gasteiger partial charge >= 0.3 is 0 Å². The van der Waals surface area contributed by atoms with Crippen molar-refractivity contribution in [1.29, 1.82) is 0 Å². The summed E-state index contributed by atoms with van der Waals surface area (Å²) in [4.78, 5) is 5.01. The van der Waals surface area contributed by atoms with E-state index in [1.807, 2.05) is 11.8 Å². The van der Waals surface area contributed by atoms with Crippen molar-refractivity contribution >= 4 is 67.4 Å². The minimum atomic E-state index is -0.455. The highest BCUT2D eigenvalue weighted by Crippen LogP contribution is 2.63. The Morgan fingerprint density at radius 1 is 0.455 bits per heavy atom. The van der Waals surface area contributed by atoms with Crippen LogP contribution in [0.5, 0.6) is 0 Å². The summed E-state index contributed by atoms with van der Waals surface area (Å²) in [6.07, 6.45) is 6.38. The predicted octanol–water partition coefficient (Wildman–Crippen LogP) is 17.3. The van der Waals surface area contributed by atoms with E-state index in [2.05, 4.69) is 229 Å². The first-order chi connectivity index (χ1) is 32.7. The lowest BCUT2D eigenvalue weighted by Gasteiger charge is -2.40. The fraction of sp³-hybridized carbons (Fsp3) is 0.0476. The molecule has 0 saturated carbocycles. The molecule has 0 N–H and O–H groups in total. The summed E-state index contributed by atoms with van der Waals surface area (Å²) in [6, 6.07) is 79.0. The molecular formula is C63H41NOS. The second kappa shape index (κ2) is 14.6. The van der Waals surface area contributed by atoms with Crippen molar-refractivity contribution in [3.8, 4) is 33.4 Å². The van der Waals surface area contributed by atoms with E-state index in [0.717, 1.165) is 52.4 Å². The van der Waals surface area contributed by atoms with Crippen LogP contribution < -0.4 is 4.90 Å². The quantitative estimate of drug-likeness (QED) is 0.172. The molecule has 2 heterocycles. The molecule has 10 aromatic carbocycles. The summed E-state index contributed by atoms with van der Waals surface area (Å²) in [5.41, 5.74) is 17.6. The molecule has 2 aliphatic carbocycles. The molecule has 3 heteroatoms. The molecule has 0 bridgehead atoms. The van der Waals surface area contributed by atoms with Crippen LogP contribution in [0.15, 0.2) is 233 Å². The highest BCUT2D eigenvalue weighted by atomic mass is 32.2. The number of fused-ring (bicyclic) bond motifs is 14. The van der Waals surface area contributed by atoms with E-state index in [1.165, 1.54) is 86.8 Å². The van der Waals surface area contributed by atoms with Gasteiger partial charge in [0.1, 0.15) is 11.3 Å². The third-order valence-electron chi connectivity index (χ3n) is 14.4. The van der Waals surface area contributed by atoms with Crippen LogP contribution in [0.3, 0.4) is 0 Å². The Hall–Kier alpha value is -7.85. The van der Waals surface area contributed by atoms with E-state index < -0.39 is 5.41 Å². The van der Waals surface area contributed by atoms with Crippen LogP contribution >= 0.6 is 11.8 Å². The minimum absolute atomic E-state index is 0.455. The summed E-state index contributed by atoms with van der Waals surface area (Å²) >= 11 is 1.89. The second-order valence-corrected chi connectivity index (χ2v) is 18.9. The number of rotatable bonds is 5. The van der Waals surface area contributed by atoms with Crippen molar-refractivity contribution in [2.45, 2.75) is 28.0 Å². The van der Waals surface area contributed by atoms with Gasteiger partial charge in [-0.15, -0.1) is 0 Å². The number of anilines is 3. The molecule has 1 aromatic heterocycles. The SMILES string of the molecule is C1=Cc2oc3c(-c4cccc5ccccc45)c(N(c4ccc(-c5ccc6ccccc6c5)cc4)c4ccc5c(c4)Sc4ccccc4C54c5ccccc5-c5ccccc54)ccc3c2CC1. The molecule has 1 aliphatic heterocycles. The summed E-state index contributed by atoms with van der Waals surface area (Å²) in [5.74, 6) is 0.965. The van der Waals surface area contributed by atoms with Crippen molar-refractivity contribution in [2.75, 3.05) is 4.90 Å². The Kier molecular flexibility index (Phi) is 8.29. The molecule has 0 amide bonds. The van der Waals surface area contributed by atoms with Gasteiger partial charge < -0.3 is 9.32 Å². The van der Waals surface area contributed by atoms with Crippen LogP contribution in [-0.2, 0) is 11.8 Å². The number of furan rings is 1. The fourth-order valence-corrected chi connectivity index (χ4v) is 12.7. The van der Waals surface area contributed by atoms with E-state index in [0.29, 0.717) is 0 Å². The standard InChI is InChI=1S/C63H41NOS/c1-2-16-43-38-44(29-28-40(43)14-1)41-30-32-45(33-31-41)64(57-37-35-52-50-21-7-11-26-58(50)65-62(52)61(57)51-22-13-17-42-15-3-4-18-47(42)51)46-34-36-56-60(39-46)66-59-27-12-10-25-55(59)63(56)53-23-8-5-19-48(53)49-20-6-9-24-54(49)63/h1-6,8-20,22-39H,7,21H2. The highest BCUT2D eigenvalue weighted by Gasteiger charge is 2.50. The monoisotopic (exact) mass is 859 g/mol. The average molecular weight is 860 g/mol. The maximum absolute atomic E-state index is 7.04. The maximum Gasteiger partial charge on any atom is 0.145 e. The van der Waals surface area contributed by atoms with Gasteiger partial charge in [-0.1, -0.05) is 182 Å². The van der Waals surface area contributed by atoms with Crippen molar-refractivity contribution in [3.05, 3.63) is 252 Å². The van der Waals surface area contributed by atoms with Gasteiger partial charge in [0.15, 0.2) is 0 Å². The molecule has 0 saturated heterocycles. The Balaban J connectivity index is 1.03. The second-order valence-electron chi connectivity index (χ2n) is 17.8. The van der Waals surface area contributed by atoms with Gasteiger partial charge in [-0.25, -0.2) is 0 Å². The first-order valence-corrected chi connectivity index (χ1v) is 23.8. The lowest BCUT2D eigenvalue weighted by Crippen LogP contribution is -2.32. The fourth-order valence-electron chi connectivity index (χ4n) is 11.5. The number of nitrogens with zero attached hydrogens (tertiary/aromatic N) is 1. The van der Waals surface area contributed by atoms with Gasteiger partial charge in [0.25, 0.3) is 0 Å². The Labute approximate surface area is 388 Å². The predicted molar refractivity (Wildman–Crippen MR) is 276 cm³/mol. The third kappa shape index (κ3) is 5.44. The smallest absolute Gasteiger partial charge is 0.145 e. The first kappa shape index (κ1) is 37.5. The molecule has 0 unspecified atom stereocenters. The normalized spacial score (nSPS) is 13.9. The lowest BCUT2D eigenvalue weighted by atomic mass is 9.67. The van der Waals surface area contributed by atoms with Gasteiger partial charge in [0.2, 0.25) is 0 Å². The van der Waals surface area contributed by atoms with Crippen molar-refractivity contribution in [1.82, 2.24) is 0 Å². The van der Waals surface area contributed by atoms with Gasteiger partial charge in [-0.3, -0.25) is 0 Å². The Morgan fingerprint density at radius 3 is 1.94 bits per heavy atom. The largest absolute Gasteiger partial charge is 0.456 e. The van der Waals surface area contributed by atoms with Gasteiger partial charge in [-0.05, 0) is 139 Å². The van der Waals surface area contributed by atoms with E-state index in [1.54, 1.807) is 0 Å². The molecule has 1 spiro atoms. The van der Waals surface area contributed by atoms with E-state index in [4.69, 9.17) is 4.42 Å². The number of allylic oxidation sites excluding steroid dienone is 1. The molecule has 3 aliphatic rings. The maximum atomic E-state index is 7.04. The number of benzene rings is 10. The van der Waals surface area contributed by atoms with Crippen molar-refractivity contribution < 1.29 is 4.42 Å². The third-order valence-corrected chi connectivity index (χ3v) is 15.5. The van der Waals surface area contributed by atoms with E-state index in [-0.39, 0.29) is 0 Å². The zero-order valence-corrected chi connectivity index (χ0v) is 36.9. The van der Waals surface area contributed by atoms with Crippen LogP contribution in [0.2, 0.25) is 0 Å². The molecule has 66 heavy (non-hydrogen) atoms. The van der Waals surface area contributed by atoms with Crippen molar-refractivity contribution in [3.63, 3.8) is 0 Å². The summed E-state index contributed by atoms with van der Waals surface area (Å²) in [5, 5.41) is 6.07. The van der Waals surface area contributed by atoms with Gasteiger partial charge in [-0.2, -0.15) is 0 Å². The molecule has 2 nitrogen and oxygen atoms in total. The number of hydrogen-bond acceptors (Lipinski definition) is 3. The van der Waals surface area contributed by atoms with Crippen LogP contribution in [0.25, 0.3) is 72.0 Å². The zero-order chi connectivity index (χ0) is 43.3. The number of hydrogen-bond donors (Lipinski definition) is 0. The van der Waals surface area contributed by atoms with Crippen LogP contribution in [0, 0.1) is 0 Å². The first-order valence-electron chi connectivity index (χ1n) is 23.0. The topological polar surface area (TPSA) is 16.4 Å². The molecule has 310 valence electrons. The molecule has 0 fully saturated rings. The van der Waals surface area contributed by atoms with E-state index >= 15 is 0 Å². The molecular weight excluding hydrogens is 819 g/mol. The average Bonchev–Trinajstić information content (AvgIpc) is 3.90. The Bertz CT molecular complexity index is 3770. The zero-order valence-electron chi connectivity index (χ0n) is 36.0. The number of aryl methyl sites for hydroxylation is 1. The van der Waals surface area contributed by atoms with Gasteiger partial charge in [0, 0.05) is 37.7 Å². The molecule has 14 rings (SSSR count). The van der Waals surface area contributed by atoms with Crippen LogP contribution in [-0.4, -0.2) is 0 Å². The van der Waals surface area contributed by atoms with Crippen LogP contribution in [0.1, 0.15) is 40.0 Å². The van der Waals surface area contributed by atoms with Crippen molar-refractivity contribution in [2.24, 2.45) is 0 Å². The van der Waals surface area contributed by atoms with Crippen LogP contribution in [0.4, 0.5) is 17.1 Å². The molecule has 0 radical (unpaired) electrons. The lowest BCUT2D eigenvalue weighted by molar-refractivity contribution is 0.596. The summed E-state index contributed by atoms with van der Waals surface area (Å²) in [6.45, 7) is 0. The Morgan fingerprint density at radius 2 is 1.11 bits per heavy atom. The summed E-state index contributed by atoms with van der Waals surface area (Å²) < 4.78 is 7.04. The highest BCUT2D eigenvalue weighted by molar-refractivity contribution is 7.99. The summed E-state index contributed by atoms with van der Waals surface area (Å²) in [7, 11) is 0. The van der Waals surface area contributed by atoms with E-state index in [9.17, 15) is 0 Å². The minimum Gasteiger partial charge on any atom is -0.456 e.